The fraction of sp³-hybridized carbons (Fsp3) is 0.400. The summed E-state index contributed by atoms with van der Waals surface area (Å²) in [6.45, 7) is 4.84. The molecule has 1 aliphatic rings. The van der Waals surface area contributed by atoms with Gasteiger partial charge in [0.25, 0.3) is 0 Å². The third-order valence-electron chi connectivity index (χ3n) is 3.88. The van der Waals surface area contributed by atoms with Crippen LogP contribution in [0.25, 0.3) is 10.9 Å². The van der Waals surface area contributed by atoms with Gasteiger partial charge in [0.05, 0.1) is 5.52 Å². The SMILES string of the molecule is CC(=O)N1CCCN(c2ncnc3cc(N)ccc23)CC1. The molecule has 1 fully saturated rings. The Balaban J connectivity index is 1.91. The number of rotatable bonds is 1. The Morgan fingerprint density at radius 2 is 2.05 bits per heavy atom. The molecule has 0 radical (unpaired) electrons. The standard InChI is InChI=1S/C15H19N5O/c1-11(21)19-5-2-6-20(8-7-19)15-13-4-3-12(16)9-14(13)17-10-18-15/h3-4,9-10H,2,5-8,16H2,1H3. The molecular weight excluding hydrogens is 266 g/mol. The van der Waals surface area contributed by atoms with Gasteiger partial charge in [-0.15, -0.1) is 0 Å². The van der Waals surface area contributed by atoms with E-state index in [0.29, 0.717) is 5.69 Å². The highest BCUT2D eigenvalue weighted by Crippen LogP contribution is 2.25. The van der Waals surface area contributed by atoms with E-state index in [0.717, 1.165) is 49.3 Å². The molecule has 0 atom stereocenters. The van der Waals surface area contributed by atoms with Crippen molar-refractivity contribution in [3.05, 3.63) is 24.5 Å². The van der Waals surface area contributed by atoms with Gasteiger partial charge in [0.1, 0.15) is 12.1 Å². The molecule has 21 heavy (non-hydrogen) atoms. The quantitative estimate of drug-likeness (QED) is 0.799. The summed E-state index contributed by atoms with van der Waals surface area (Å²) in [6.07, 6.45) is 2.52. The van der Waals surface area contributed by atoms with Crippen LogP contribution in [0.1, 0.15) is 13.3 Å². The van der Waals surface area contributed by atoms with Crippen LogP contribution in [0.4, 0.5) is 11.5 Å². The van der Waals surface area contributed by atoms with Crippen LogP contribution >= 0.6 is 0 Å². The van der Waals surface area contributed by atoms with Gasteiger partial charge in [-0.05, 0) is 24.6 Å². The van der Waals surface area contributed by atoms with E-state index < -0.39 is 0 Å². The number of carbonyl (C=O) groups excluding carboxylic acids is 1. The van der Waals surface area contributed by atoms with E-state index >= 15 is 0 Å². The minimum Gasteiger partial charge on any atom is -0.399 e. The van der Waals surface area contributed by atoms with Crippen molar-refractivity contribution >= 4 is 28.3 Å². The maximum absolute atomic E-state index is 11.5. The topological polar surface area (TPSA) is 75.4 Å². The summed E-state index contributed by atoms with van der Waals surface area (Å²) >= 11 is 0. The van der Waals surface area contributed by atoms with Crippen LogP contribution in [0.3, 0.4) is 0 Å². The Labute approximate surface area is 123 Å². The molecule has 0 bridgehead atoms. The van der Waals surface area contributed by atoms with Crippen LogP contribution in [0.15, 0.2) is 24.5 Å². The molecule has 0 spiro atoms. The van der Waals surface area contributed by atoms with Gasteiger partial charge >= 0.3 is 0 Å². The highest BCUT2D eigenvalue weighted by atomic mass is 16.2. The van der Waals surface area contributed by atoms with Crippen LogP contribution in [-0.4, -0.2) is 47.0 Å². The van der Waals surface area contributed by atoms with Gasteiger partial charge in [-0.3, -0.25) is 4.79 Å². The summed E-state index contributed by atoms with van der Waals surface area (Å²) in [5.74, 6) is 1.06. The molecule has 1 aromatic heterocycles. The number of nitrogen functional groups attached to an aromatic ring is 1. The number of anilines is 2. The number of hydrogen-bond acceptors (Lipinski definition) is 5. The molecule has 2 heterocycles. The Morgan fingerprint density at radius 3 is 2.86 bits per heavy atom. The summed E-state index contributed by atoms with van der Waals surface area (Å²) < 4.78 is 0. The van der Waals surface area contributed by atoms with E-state index in [4.69, 9.17) is 5.73 Å². The maximum atomic E-state index is 11.5. The average molecular weight is 285 g/mol. The van der Waals surface area contributed by atoms with Crippen molar-refractivity contribution in [2.45, 2.75) is 13.3 Å². The number of carbonyl (C=O) groups is 1. The molecule has 6 nitrogen and oxygen atoms in total. The van der Waals surface area contributed by atoms with Gasteiger partial charge in [0, 0.05) is 44.2 Å². The van der Waals surface area contributed by atoms with E-state index in [1.165, 1.54) is 0 Å². The summed E-state index contributed by atoms with van der Waals surface area (Å²) in [4.78, 5) is 24.4. The lowest BCUT2D eigenvalue weighted by Crippen LogP contribution is -2.33. The van der Waals surface area contributed by atoms with Crippen molar-refractivity contribution in [3.63, 3.8) is 0 Å². The molecular formula is C15H19N5O. The van der Waals surface area contributed by atoms with E-state index in [1.807, 2.05) is 23.1 Å². The van der Waals surface area contributed by atoms with Crippen molar-refractivity contribution < 1.29 is 4.79 Å². The molecule has 3 rings (SSSR count). The van der Waals surface area contributed by atoms with Gasteiger partial charge in [-0.25, -0.2) is 9.97 Å². The van der Waals surface area contributed by atoms with E-state index in [9.17, 15) is 4.79 Å². The van der Waals surface area contributed by atoms with Gasteiger partial charge < -0.3 is 15.5 Å². The molecule has 0 aliphatic carbocycles. The predicted octanol–water partition coefficient (Wildman–Crippen LogP) is 1.27. The summed E-state index contributed by atoms with van der Waals surface area (Å²) in [5.41, 5.74) is 7.36. The largest absolute Gasteiger partial charge is 0.399 e. The third-order valence-corrected chi connectivity index (χ3v) is 3.88. The van der Waals surface area contributed by atoms with E-state index in [1.54, 1.807) is 13.3 Å². The number of aromatic nitrogens is 2. The summed E-state index contributed by atoms with van der Waals surface area (Å²) in [7, 11) is 0. The Morgan fingerprint density at radius 1 is 1.19 bits per heavy atom. The van der Waals surface area contributed by atoms with Crippen LogP contribution in [0.2, 0.25) is 0 Å². The van der Waals surface area contributed by atoms with Gasteiger partial charge in [0.2, 0.25) is 5.91 Å². The molecule has 6 heteroatoms. The molecule has 0 saturated carbocycles. The first-order valence-corrected chi connectivity index (χ1v) is 7.16. The van der Waals surface area contributed by atoms with Crippen molar-refractivity contribution in [1.82, 2.24) is 14.9 Å². The van der Waals surface area contributed by atoms with Crippen LogP contribution in [0, 0.1) is 0 Å². The second-order valence-electron chi connectivity index (χ2n) is 5.32. The van der Waals surface area contributed by atoms with E-state index in [-0.39, 0.29) is 5.91 Å². The molecule has 2 aromatic rings. The van der Waals surface area contributed by atoms with Crippen molar-refractivity contribution in [2.75, 3.05) is 36.8 Å². The zero-order valence-corrected chi connectivity index (χ0v) is 12.1. The normalized spacial score (nSPS) is 16.0. The van der Waals surface area contributed by atoms with Crippen LogP contribution in [0.5, 0.6) is 0 Å². The lowest BCUT2D eigenvalue weighted by Gasteiger charge is -2.23. The highest BCUT2D eigenvalue weighted by Gasteiger charge is 2.19. The molecule has 1 aliphatic heterocycles. The lowest BCUT2D eigenvalue weighted by atomic mass is 10.2. The average Bonchev–Trinajstić information content (AvgIpc) is 2.72. The Kier molecular flexibility index (Phi) is 3.60. The van der Waals surface area contributed by atoms with Crippen molar-refractivity contribution in [1.29, 1.82) is 0 Å². The fourth-order valence-corrected chi connectivity index (χ4v) is 2.76. The number of hydrogen-bond donors (Lipinski definition) is 1. The Bertz CT molecular complexity index is 672. The third kappa shape index (κ3) is 2.74. The minimum absolute atomic E-state index is 0.136. The summed E-state index contributed by atoms with van der Waals surface area (Å²) in [5, 5.41) is 1.00. The fourth-order valence-electron chi connectivity index (χ4n) is 2.76. The first kappa shape index (κ1) is 13.6. The van der Waals surface area contributed by atoms with E-state index in [2.05, 4.69) is 14.9 Å². The molecule has 2 N–H and O–H groups in total. The zero-order chi connectivity index (χ0) is 14.8. The maximum Gasteiger partial charge on any atom is 0.219 e. The first-order valence-electron chi connectivity index (χ1n) is 7.16. The molecule has 1 amide bonds. The molecule has 110 valence electrons. The van der Waals surface area contributed by atoms with Crippen molar-refractivity contribution in [2.24, 2.45) is 0 Å². The van der Waals surface area contributed by atoms with Gasteiger partial charge in [-0.2, -0.15) is 0 Å². The van der Waals surface area contributed by atoms with Crippen molar-refractivity contribution in [3.8, 4) is 0 Å². The lowest BCUT2D eigenvalue weighted by molar-refractivity contribution is -0.128. The van der Waals surface area contributed by atoms with Gasteiger partial charge in [0.15, 0.2) is 0 Å². The monoisotopic (exact) mass is 285 g/mol. The molecule has 1 aromatic carbocycles. The zero-order valence-electron chi connectivity index (χ0n) is 12.1. The second kappa shape index (κ2) is 5.55. The number of nitrogens with two attached hydrogens (primary N) is 1. The first-order chi connectivity index (χ1) is 10.1. The number of amides is 1. The van der Waals surface area contributed by atoms with Crippen LogP contribution < -0.4 is 10.6 Å². The predicted molar refractivity (Wildman–Crippen MR) is 83.0 cm³/mol. The smallest absolute Gasteiger partial charge is 0.219 e. The van der Waals surface area contributed by atoms with Crippen LogP contribution in [-0.2, 0) is 4.79 Å². The minimum atomic E-state index is 0.136. The number of nitrogens with zero attached hydrogens (tertiary/aromatic N) is 4. The summed E-state index contributed by atoms with van der Waals surface area (Å²) in [6, 6.07) is 5.70. The molecule has 1 saturated heterocycles. The van der Waals surface area contributed by atoms with Gasteiger partial charge in [-0.1, -0.05) is 0 Å². The molecule has 0 unspecified atom stereocenters. The highest BCUT2D eigenvalue weighted by molar-refractivity contribution is 5.91. The number of fused-ring (bicyclic) bond motifs is 1. The Hall–Kier alpha value is -2.37. The second-order valence-corrected chi connectivity index (χ2v) is 5.32. The number of benzene rings is 1.